The third-order valence-corrected chi connectivity index (χ3v) is 3.95. The van der Waals surface area contributed by atoms with Gasteiger partial charge in [-0.15, -0.1) is 0 Å². The van der Waals surface area contributed by atoms with E-state index < -0.39 is 5.91 Å². The lowest BCUT2D eigenvalue weighted by atomic mass is 10.1. The Kier molecular flexibility index (Phi) is 6.60. The van der Waals surface area contributed by atoms with Gasteiger partial charge < -0.3 is 5.73 Å². The number of carbonyl (C=O) groups excluding carboxylic acids is 1. The number of aryl methyl sites for hydroxylation is 2. The third-order valence-electron chi connectivity index (χ3n) is 2.64. The number of hydrogen-bond donors (Lipinski definition) is 1. The molecule has 1 amide bonds. The third kappa shape index (κ3) is 5.33. The molecule has 0 fully saturated rings. The molecule has 0 aliphatic carbocycles. The van der Waals surface area contributed by atoms with Crippen molar-refractivity contribution in [3.63, 3.8) is 0 Å². The molecule has 0 atom stereocenters. The van der Waals surface area contributed by atoms with E-state index in [4.69, 9.17) is 11.0 Å². The Hall–Kier alpha value is -1.64. The predicted molar refractivity (Wildman–Crippen MR) is 91.0 cm³/mol. The minimum Gasteiger partial charge on any atom is -0.366 e. The molecule has 2 N–H and O–H groups in total. The summed E-state index contributed by atoms with van der Waals surface area (Å²) in [4.78, 5) is 10.7. The van der Waals surface area contributed by atoms with Crippen molar-refractivity contribution in [2.24, 2.45) is 5.73 Å². The minimum atomic E-state index is -0.406. The van der Waals surface area contributed by atoms with Crippen molar-refractivity contribution < 1.29 is 4.79 Å². The molecule has 2 aromatic carbocycles. The summed E-state index contributed by atoms with van der Waals surface area (Å²) in [6.07, 6.45) is 0. The molecule has 108 valence electrons. The Balaban J connectivity index is 0.000000211. The van der Waals surface area contributed by atoms with Crippen molar-refractivity contribution in [1.82, 2.24) is 0 Å². The average Bonchev–Trinajstić information content (AvgIpc) is 2.39. The highest BCUT2D eigenvalue weighted by atomic mass is 79.9. The maximum atomic E-state index is 10.7. The summed E-state index contributed by atoms with van der Waals surface area (Å²) in [5.74, 6) is -0.406. The Morgan fingerprint density at radius 1 is 1.05 bits per heavy atom. The molecule has 0 bridgehead atoms. The second kappa shape index (κ2) is 7.96. The zero-order valence-corrected chi connectivity index (χ0v) is 14.8. The molecule has 0 aliphatic heterocycles. The van der Waals surface area contributed by atoms with Gasteiger partial charge in [-0.2, -0.15) is 5.26 Å². The van der Waals surface area contributed by atoms with E-state index in [9.17, 15) is 4.79 Å². The maximum Gasteiger partial charge on any atom is 0.249 e. The summed E-state index contributed by atoms with van der Waals surface area (Å²) in [5.41, 5.74) is 8.56. The molecule has 0 aliphatic rings. The number of rotatable bonds is 1. The molecule has 0 radical (unpaired) electrons. The van der Waals surface area contributed by atoms with Crippen LogP contribution in [0.5, 0.6) is 0 Å². The summed E-state index contributed by atoms with van der Waals surface area (Å²) >= 11 is 6.53. The van der Waals surface area contributed by atoms with Crippen LogP contribution in [-0.4, -0.2) is 5.91 Å². The molecule has 0 saturated heterocycles. The lowest BCUT2D eigenvalue weighted by Gasteiger charge is -1.99. The maximum absolute atomic E-state index is 10.7. The minimum absolute atomic E-state index is 0.406. The average molecular weight is 410 g/mol. The van der Waals surface area contributed by atoms with E-state index in [2.05, 4.69) is 37.9 Å². The number of halogens is 2. The quantitative estimate of drug-likeness (QED) is 0.753. The van der Waals surface area contributed by atoms with Crippen molar-refractivity contribution in [2.45, 2.75) is 13.8 Å². The highest BCUT2D eigenvalue weighted by Gasteiger charge is 2.04. The van der Waals surface area contributed by atoms with Gasteiger partial charge >= 0.3 is 0 Å². The van der Waals surface area contributed by atoms with Gasteiger partial charge in [0.1, 0.15) is 6.07 Å². The zero-order valence-electron chi connectivity index (χ0n) is 11.7. The smallest absolute Gasteiger partial charge is 0.249 e. The van der Waals surface area contributed by atoms with Crippen LogP contribution in [0.1, 0.15) is 27.0 Å². The summed E-state index contributed by atoms with van der Waals surface area (Å²) in [7, 11) is 0. The highest BCUT2D eigenvalue weighted by molar-refractivity contribution is 9.10. The van der Waals surface area contributed by atoms with Crippen LogP contribution in [0.15, 0.2) is 45.3 Å². The Morgan fingerprint density at radius 3 is 2.00 bits per heavy atom. The molecule has 0 heterocycles. The van der Waals surface area contributed by atoms with E-state index in [1.54, 1.807) is 12.1 Å². The first-order chi connectivity index (χ1) is 9.85. The Labute approximate surface area is 141 Å². The predicted octanol–water partition coefficient (Wildman–Crippen LogP) is 4.49. The second-order valence-electron chi connectivity index (χ2n) is 4.44. The van der Waals surface area contributed by atoms with E-state index in [-0.39, 0.29) is 0 Å². The van der Waals surface area contributed by atoms with E-state index >= 15 is 0 Å². The van der Waals surface area contributed by atoms with E-state index in [0.717, 1.165) is 20.1 Å². The van der Waals surface area contributed by atoms with Crippen LogP contribution in [0.25, 0.3) is 0 Å². The van der Waals surface area contributed by atoms with Gasteiger partial charge in [-0.05, 0) is 81.1 Å². The number of nitrogens with zero attached hydrogens (tertiary/aromatic N) is 1. The molecule has 21 heavy (non-hydrogen) atoms. The Morgan fingerprint density at radius 2 is 1.57 bits per heavy atom. The SMILES string of the molecule is Cc1ccc(C#N)c(Br)c1.Cc1ccc(C(N)=O)c(Br)c1. The first kappa shape index (κ1) is 17.4. The fourth-order valence-corrected chi connectivity index (χ4v) is 2.80. The van der Waals surface area contributed by atoms with Gasteiger partial charge in [0.05, 0.1) is 11.1 Å². The largest absolute Gasteiger partial charge is 0.366 e. The van der Waals surface area contributed by atoms with E-state index in [1.807, 2.05) is 38.1 Å². The first-order valence-electron chi connectivity index (χ1n) is 6.07. The summed E-state index contributed by atoms with van der Waals surface area (Å²) in [6.45, 7) is 3.95. The van der Waals surface area contributed by atoms with Crippen molar-refractivity contribution in [3.05, 3.63) is 67.6 Å². The van der Waals surface area contributed by atoms with Crippen LogP contribution >= 0.6 is 31.9 Å². The lowest BCUT2D eigenvalue weighted by Crippen LogP contribution is -2.11. The Bertz CT molecular complexity index is 706. The van der Waals surface area contributed by atoms with Gasteiger partial charge in [0.15, 0.2) is 0 Å². The van der Waals surface area contributed by atoms with Gasteiger partial charge in [-0.25, -0.2) is 0 Å². The monoisotopic (exact) mass is 408 g/mol. The number of nitrogens with two attached hydrogens (primary N) is 1. The molecule has 0 spiro atoms. The standard InChI is InChI=1S/C8H8BrNO.C8H6BrN/c1-5-2-3-6(8(10)11)7(9)4-5;1-6-2-3-7(5-10)8(9)4-6/h2-4H,1H3,(H2,10,11);2-4H,1H3. The van der Waals surface area contributed by atoms with Crippen LogP contribution in [0.4, 0.5) is 0 Å². The molecule has 0 saturated carbocycles. The molecule has 0 unspecified atom stereocenters. The van der Waals surface area contributed by atoms with Gasteiger partial charge in [-0.3, -0.25) is 4.79 Å². The number of primary amides is 1. The van der Waals surface area contributed by atoms with Crippen LogP contribution in [0, 0.1) is 25.2 Å². The zero-order chi connectivity index (χ0) is 16.0. The van der Waals surface area contributed by atoms with Gasteiger partial charge in [0.25, 0.3) is 0 Å². The molecule has 2 aromatic rings. The lowest BCUT2D eigenvalue weighted by molar-refractivity contribution is 0.0999. The summed E-state index contributed by atoms with van der Waals surface area (Å²) < 4.78 is 1.63. The number of hydrogen-bond acceptors (Lipinski definition) is 2. The van der Waals surface area contributed by atoms with Crippen molar-refractivity contribution >= 4 is 37.8 Å². The van der Waals surface area contributed by atoms with Crippen LogP contribution in [0.3, 0.4) is 0 Å². The number of amides is 1. The van der Waals surface area contributed by atoms with E-state index in [1.165, 1.54) is 0 Å². The van der Waals surface area contributed by atoms with Crippen molar-refractivity contribution in [3.8, 4) is 6.07 Å². The molecular weight excluding hydrogens is 396 g/mol. The summed E-state index contributed by atoms with van der Waals surface area (Å²) in [6, 6.07) is 13.2. The highest BCUT2D eigenvalue weighted by Crippen LogP contribution is 2.17. The second-order valence-corrected chi connectivity index (χ2v) is 6.15. The van der Waals surface area contributed by atoms with E-state index in [0.29, 0.717) is 11.1 Å². The first-order valence-corrected chi connectivity index (χ1v) is 7.66. The number of nitriles is 1. The van der Waals surface area contributed by atoms with Gasteiger partial charge in [0.2, 0.25) is 5.91 Å². The van der Waals surface area contributed by atoms with Crippen LogP contribution in [0.2, 0.25) is 0 Å². The van der Waals surface area contributed by atoms with Crippen molar-refractivity contribution in [1.29, 1.82) is 5.26 Å². The van der Waals surface area contributed by atoms with Crippen LogP contribution < -0.4 is 5.73 Å². The fraction of sp³-hybridized carbons (Fsp3) is 0.125. The van der Waals surface area contributed by atoms with Crippen LogP contribution in [-0.2, 0) is 0 Å². The molecule has 2 rings (SSSR count). The molecule has 3 nitrogen and oxygen atoms in total. The normalized spacial score (nSPS) is 9.29. The molecule has 5 heteroatoms. The topological polar surface area (TPSA) is 66.9 Å². The number of carbonyl (C=O) groups is 1. The summed E-state index contributed by atoms with van der Waals surface area (Å²) in [5, 5.41) is 8.53. The number of benzene rings is 2. The fourth-order valence-electron chi connectivity index (χ4n) is 1.53. The van der Waals surface area contributed by atoms with Crippen molar-refractivity contribution in [2.75, 3.05) is 0 Å². The van der Waals surface area contributed by atoms with Gasteiger partial charge in [0, 0.05) is 8.95 Å². The molecule has 0 aromatic heterocycles. The van der Waals surface area contributed by atoms with Gasteiger partial charge in [-0.1, -0.05) is 12.1 Å². The molecular formula is C16H14Br2N2O.